The lowest BCUT2D eigenvalue weighted by Crippen LogP contribution is -2.29. The summed E-state index contributed by atoms with van der Waals surface area (Å²) in [6, 6.07) is 16.7. The van der Waals surface area contributed by atoms with Crippen molar-refractivity contribution in [2.45, 2.75) is 24.1 Å². The van der Waals surface area contributed by atoms with Crippen LogP contribution in [0.2, 0.25) is 0 Å². The van der Waals surface area contributed by atoms with E-state index in [1.54, 1.807) is 22.4 Å². The van der Waals surface area contributed by atoms with Gasteiger partial charge in [0.1, 0.15) is 4.21 Å². The average molecular weight is 413 g/mol. The highest BCUT2D eigenvalue weighted by Crippen LogP contribution is 2.30. The molecular weight excluding hydrogens is 392 g/mol. The molecule has 0 spiro atoms. The second-order valence-corrected chi connectivity index (χ2v) is 9.74. The topological polar surface area (TPSA) is 66.5 Å². The smallest absolute Gasteiger partial charge is 0.258 e. The molecule has 0 saturated heterocycles. The maximum absolute atomic E-state index is 13.0. The Morgan fingerprint density at radius 3 is 2.75 bits per heavy atom. The Kier molecular flexibility index (Phi) is 5.05. The number of carbonyl (C=O) groups is 1. The standard InChI is InChI=1S/C21H20N2O3S2/c1-15-4-2-5-18(12-15)21(24)23-10-9-17-8-7-16(13-19(17)23)14-22-28(25,26)20-6-3-11-27-20/h2-8,11-13,22H,9-10,14H2,1H3. The summed E-state index contributed by atoms with van der Waals surface area (Å²) in [5, 5.41) is 1.73. The third-order valence-corrected chi connectivity index (χ3v) is 7.58. The highest BCUT2D eigenvalue weighted by molar-refractivity contribution is 7.91. The van der Waals surface area contributed by atoms with E-state index in [0.717, 1.165) is 28.8 Å². The zero-order chi connectivity index (χ0) is 19.7. The SMILES string of the molecule is Cc1cccc(C(=O)N2CCc3ccc(CNS(=O)(=O)c4cccs4)cc32)c1. The third-order valence-electron chi connectivity index (χ3n) is 4.78. The summed E-state index contributed by atoms with van der Waals surface area (Å²) >= 11 is 1.18. The fourth-order valence-electron chi connectivity index (χ4n) is 3.35. The van der Waals surface area contributed by atoms with Crippen LogP contribution in [-0.4, -0.2) is 20.9 Å². The molecule has 2 aromatic carbocycles. The van der Waals surface area contributed by atoms with Gasteiger partial charge in [0.2, 0.25) is 10.0 Å². The van der Waals surface area contributed by atoms with Gasteiger partial charge >= 0.3 is 0 Å². The zero-order valence-electron chi connectivity index (χ0n) is 15.4. The summed E-state index contributed by atoms with van der Waals surface area (Å²) in [6.45, 7) is 2.78. The Morgan fingerprint density at radius 1 is 1.14 bits per heavy atom. The van der Waals surface area contributed by atoms with E-state index in [4.69, 9.17) is 0 Å². The quantitative estimate of drug-likeness (QED) is 0.694. The normalized spacial score (nSPS) is 13.5. The first-order valence-electron chi connectivity index (χ1n) is 8.97. The molecule has 0 bridgehead atoms. The zero-order valence-corrected chi connectivity index (χ0v) is 17.0. The number of rotatable bonds is 5. The van der Waals surface area contributed by atoms with E-state index < -0.39 is 10.0 Å². The summed E-state index contributed by atoms with van der Waals surface area (Å²) in [5.41, 5.74) is 4.49. The predicted octanol–water partition coefficient (Wildman–Crippen LogP) is 3.74. The second kappa shape index (κ2) is 7.50. The summed E-state index contributed by atoms with van der Waals surface area (Å²) < 4.78 is 27.6. The van der Waals surface area contributed by atoms with Crippen LogP contribution in [0, 0.1) is 6.92 Å². The van der Waals surface area contributed by atoms with Gasteiger partial charge in [-0.25, -0.2) is 13.1 Å². The first-order chi connectivity index (χ1) is 13.4. The molecule has 4 rings (SSSR count). The molecule has 144 valence electrons. The van der Waals surface area contributed by atoms with Crippen LogP contribution < -0.4 is 9.62 Å². The van der Waals surface area contributed by atoms with Crippen LogP contribution in [0.4, 0.5) is 5.69 Å². The summed E-state index contributed by atoms with van der Waals surface area (Å²) in [6.07, 6.45) is 0.800. The number of carbonyl (C=O) groups excluding carboxylic acids is 1. The number of benzene rings is 2. The van der Waals surface area contributed by atoms with Crippen LogP contribution in [0.25, 0.3) is 0 Å². The van der Waals surface area contributed by atoms with E-state index in [0.29, 0.717) is 16.3 Å². The Bertz CT molecular complexity index is 1120. The molecule has 1 amide bonds. The second-order valence-electron chi connectivity index (χ2n) is 6.80. The summed E-state index contributed by atoms with van der Waals surface area (Å²) in [7, 11) is -3.52. The van der Waals surface area contributed by atoms with Crippen molar-refractivity contribution >= 4 is 33.0 Å². The molecule has 0 atom stereocenters. The van der Waals surface area contributed by atoms with Gasteiger partial charge in [0, 0.05) is 24.3 Å². The number of nitrogens with zero attached hydrogens (tertiary/aromatic N) is 1. The van der Waals surface area contributed by atoms with Gasteiger partial charge in [0.15, 0.2) is 0 Å². The van der Waals surface area contributed by atoms with E-state index in [2.05, 4.69) is 4.72 Å². The van der Waals surface area contributed by atoms with Gasteiger partial charge in [-0.15, -0.1) is 11.3 Å². The molecule has 0 saturated carbocycles. The molecule has 2 heterocycles. The number of hydrogen-bond donors (Lipinski definition) is 1. The van der Waals surface area contributed by atoms with Crippen molar-refractivity contribution in [3.8, 4) is 0 Å². The number of thiophene rings is 1. The maximum Gasteiger partial charge on any atom is 0.258 e. The van der Waals surface area contributed by atoms with E-state index in [9.17, 15) is 13.2 Å². The molecule has 0 radical (unpaired) electrons. The average Bonchev–Trinajstić information content (AvgIpc) is 3.36. The highest BCUT2D eigenvalue weighted by Gasteiger charge is 2.26. The minimum atomic E-state index is -3.52. The largest absolute Gasteiger partial charge is 0.308 e. The lowest BCUT2D eigenvalue weighted by Gasteiger charge is -2.18. The molecule has 1 aliphatic rings. The van der Waals surface area contributed by atoms with Gasteiger partial charge in [-0.2, -0.15) is 0 Å². The van der Waals surface area contributed by atoms with Gasteiger partial charge in [-0.3, -0.25) is 4.79 Å². The Labute approximate surface area is 168 Å². The van der Waals surface area contributed by atoms with Crippen molar-refractivity contribution < 1.29 is 13.2 Å². The van der Waals surface area contributed by atoms with Gasteiger partial charge in [0.25, 0.3) is 5.91 Å². The molecule has 28 heavy (non-hydrogen) atoms. The van der Waals surface area contributed by atoms with Crippen molar-refractivity contribution in [1.82, 2.24) is 4.72 Å². The molecule has 1 aromatic heterocycles. The number of fused-ring (bicyclic) bond motifs is 1. The van der Waals surface area contributed by atoms with Crippen molar-refractivity contribution in [1.29, 1.82) is 0 Å². The lowest BCUT2D eigenvalue weighted by atomic mass is 10.1. The number of aryl methyl sites for hydroxylation is 1. The summed E-state index contributed by atoms with van der Waals surface area (Å²) in [4.78, 5) is 14.7. The van der Waals surface area contributed by atoms with Gasteiger partial charge in [-0.1, -0.05) is 35.9 Å². The molecule has 3 aromatic rings. The molecule has 0 fully saturated rings. The molecule has 5 nitrogen and oxygen atoms in total. The molecular formula is C21H20N2O3S2. The van der Waals surface area contributed by atoms with Crippen molar-refractivity contribution in [3.63, 3.8) is 0 Å². The van der Waals surface area contributed by atoms with E-state index >= 15 is 0 Å². The van der Waals surface area contributed by atoms with E-state index in [1.807, 2.05) is 49.4 Å². The van der Waals surface area contributed by atoms with E-state index in [-0.39, 0.29) is 12.5 Å². The third kappa shape index (κ3) is 3.73. The first kappa shape index (κ1) is 18.9. The Hall–Kier alpha value is -2.48. The van der Waals surface area contributed by atoms with Crippen LogP contribution >= 0.6 is 11.3 Å². The minimum Gasteiger partial charge on any atom is -0.308 e. The van der Waals surface area contributed by atoms with E-state index in [1.165, 1.54) is 11.3 Å². The van der Waals surface area contributed by atoms with Crippen molar-refractivity contribution in [2.24, 2.45) is 0 Å². The number of anilines is 1. The van der Waals surface area contributed by atoms with Crippen LogP contribution in [0.15, 0.2) is 64.2 Å². The van der Waals surface area contributed by atoms with Gasteiger partial charge < -0.3 is 4.90 Å². The fourth-order valence-corrected chi connectivity index (χ4v) is 5.40. The van der Waals surface area contributed by atoms with Crippen molar-refractivity contribution in [2.75, 3.05) is 11.4 Å². The van der Waals surface area contributed by atoms with Gasteiger partial charge in [-0.05, 0) is 54.1 Å². The number of sulfonamides is 1. The highest BCUT2D eigenvalue weighted by atomic mass is 32.2. The fraction of sp³-hybridized carbons (Fsp3) is 0.190. The molecule has 1 N–H and O–H groups in total. The molecule has 1 aliphatic heterocycles. The maximum atomic E-state index is 13.0. The Morgan fingerprint density at radius 2 is 2.00 bits per heavy atom. The lowest BCUT2D eigenvalue weighted by molar-refractivity contribution is 0.0989. The number of nitrogens with one attached hydrogen (secondary N) is 1. The minimum absolute atomic E-state index is 0.0289. The molecule has 0 unspecified atom stereocenters. The number of amides is 1. The van der Waals surface area contributed by atoms with Crippen LogP contribution in [-0.2, 0) is 23.0 Å². The van der Waals surface area contributed by atoms with Crippen LogP contribution in [0.5, 0.6) is 0 Å². The Balaban J connectivity index is 1.55. The molecule has 7 heteroatoms. The van der Waals surface area contributed by atoms with Gasteiger partial charge in [0.05, 0.1) is 0 Å². The summed E-state index contributed by atoms with van der Waals surface area (Å²) in [5.74, 6) is -0.0289. The van der Waals surface area contributed by atoms with Crippen molar-refractivity contribution in [3.05, 3.63) is 82.2 Å². The monoisotopic (exact) mass is 412 g/mol. The number of hydrogen-bond acceptors (Lipinski definition) is 4. The molecule has 0 aliphatic carbocycles. The van der Waals surface area contributed by atoms with Crippen LogP contribution in [0.1, 0.15) is 27.0 Å². The predicted molar refractivity (Wildman–Crippen MR) is 111 cm³/mol. The first-order valence-corrected chi connectivity index (χ1v) is 11.3. The van der Waals surface area contributed by atoms with Crippen LogP contribution in [0.3, 0.4) is 0 Å².